The van der Waals surface area contributed by atoms with Gasteiger partial charge >= 0.3 is 6.18 Å². The fraction of sp³-hybridized carbons (Fsp3) is 0.625. The molecule has 7 heteroatoms. The number of nitrogens with zero attached hydrogens (tertiary/aromatic N) is 1. The van der Waals surface area contributed by atoms with Crippen LogP contribution in [-0.2, 0) is 9.84 Å². The summed E-state index contributed by atoms with van der Waals surface area (Å²) in [5.41, 5.74) is 0. The SMILES string of the molecule is CCCC(N1CCC(C(F)(F)F)CC1)S(=O)(=O)c1ccccc1. The third-order valence-corrected chi connectivity index (χ3v) is 6.54. The fourth-order valence-corrected chi connectivity index (χ4v) is 5.06. The summed E-state index contributed by atoms with van der Waals surface area (Å²) in [4.78, 5) is 1.94. The van der Waals surface area contributed by atoms with Gasteiger partial charge in [-0.15, -0.1) is 0 Å². The minimum Gasteiger partial charge on any atom is -0.287 e. The van der Waals surface area contributed by atoms with Gasteiger partial charge in [0.1, 0.15) is 5.37 Å². The molecule has 1 aliphatic heterocycles. The second kappa shape index (κ2) is 7.21. The first-order valence-electron chi connectivity index (χ1n) is 7.86. The first-order chi connectivity index (χ1) is 10.8. The zero-order valence-electron chi connectivity index (χ0n) is 13.1. The van der Waals surface area contributed by atoms with Gasteiger partial charge < -0.3 is 0 Å². The van der Waals surface area contributed by atoms with E-state index in [1.807, 2.05) is 6.92 Å². The Kier molecular flexibility index (Phi) is 5.73. The van der Waals surface area contributed by atoms with Crippen molar-refractivity contribution in [2.45, 2.75) is 49.1 Å². The molecular formula is C16H22F3NO2S. The van der Waals surface area contributed by atoms with Crippen LogP contribution < -0.4 is 0 Å². The zero-order chi connectivity index (χ0) is 17.1. The molecule has 2 rings (SSSR count). The van der Waals surface area contributed by atoms with Crippen LogP contribution in [0.15, 0.2) is 35.2 Å². The van der Waals surface area contributed by atoms with Crippen molar-refractivity contribution in [1.29, 1.82) is 0 Å². The predicted octanol–water partition coefficient (Wildman–Crippen LogP) is 3.86. The molecule has 0 radical (unpaired) electrons. The van der Waals surface area contributed by atoms with Gasteiger partial charge in [-0.05, 0) is 44.5 Å². The molecule has 0 amide bonds. The van der Waals surface area contributed by atoms with Crippen LogP contribution >= 0.6 is 0 Å². The monoisotopic (exact) mass is 349 g/mol. The summed E-state index contributed by atoms with van der Waals surface area (Å²) in [5, 5.41) is -0.746. The molecule has 1 heterocycles. The van der Waals surface area contributed by atoms with Crippen molar-refractivity contribution in [1.82, 2.24) is 4.90 Å². The third kappa shape index (κ3) is 4.26. The molecule has 0 spiro atoms. The summed E-state index contributed by atoms with van der Waals surface area (Å²) in [6, 6.07) is 8.14. The van der Waals surface area contributed by atoms with E-state index in [1.54, 1.807) is 35.2 Å². The lowest BCUT2D eigenvalue weighted by Gasteiger charge is -2.37. The van der Waals surface area contributed by atoms with Crippen molar-refractivity contribution in [3.8, 4) is 0 Å². The lowest BCUT2D eigenvalue weighted by molar-refractivity contribution is -0.185. The lowest BCUT2D eigenvalue weighted by Crippen LogP contribution is -2.47. The van der Waals surface area contributed by atoms with Gasteiger partial charge in [-0.2, -0.15) is 13.2 Å². The van der Waals surface area contributed by atoms with Crippen molar-refractivity contribution >= 4 is 9.84 Å². The molecule has 1 fully saturated rings. The highest BCUT2D eigenvalue weighted by atomic mass is 32.2. The number of hydrogen-bond donors (Lipinski definition) is 0. The molecule has 3 nitrogen and oxygen atoms in total. The Morgan fingerprint density at radius 3 is 2.22 bits per heavy atom. The molecule has 1 aromatic rings. The van der Waals surface area contributed by atoms with E-state index in [-0.39, 0.29) is 30.8 Å². The number of piperidine rings is 1. The number of benzene rings is 1. The maximum Gasteiger partial charge on any atom is 0.391 e. The average molecular weight is 349 g/mol. The second-order valence-corrected chi connectivity index (χ2v) is 8.06. The quantitative estimate of drug-likeness (QED) is 0.810. The van der Waals surface area contributed by atoms with E-state index in [9.17, 15) is 21.6 Å². The minimum atomic E-state index is -4.19. The molecule has 0 bridgehead atoms. The number of rotatable bonds is 5. The van der Waals surface area contributed by atoms with E-state index in [0.717, 1.165) is 0 Å². The molecule has 0 aromatic heterocycles. The smallest absolute Gasteiger partial charge is 0.287 e. The molecule has 1 aromatic carbocycles. The summed E-state index contributed by atoms with van der Waals surface area (Å²) in [6.45, 7) is 2.22. The van der Waals surface area contributed by atoms with Gasteiger partial charge in [0.05, 0.1) is 10.8 Å². The van der Waals surface area contributed by atoms with Gasteiger partial charge in [0.2, 0.25) is 0 Å². The average Bonchev–Trinajstić information content (AvgIpc) is 2.52. The summed E-state index contributed by atoms with van der Waals surface area (Å²) in [7, 11) is -3.57. The molecule has 1 unspecified atom stereocenters. The highest BCUT2D eigenvalue weighted by Crippen LogP contribution is 2.36. The van der Waals surface area contributed by atoms with Crippen LogP contribution in [0.1, 0.15) is 32.6 Å². The molecular weight excluding hydrogens is 327 g/mol. The second-order valence-electron chi connectivity index (χ2n) is 5.95. The van der Waals surface area contributed by atoms with Crippen molar-refractivity contribution in [2.24, 2.45) is 5.92 Å². The Hall–Kier alpha value is -1.08. The first-order valence-corrected chi connectivity index (χ1v) is 9.41. The van der Waals surface area contributed by atoms with Crippen molar-refractivity contribution in [3.05, 3.63) is 30.3 Å². The summed E-state index contributed by atoms with van der Waals surface area (Å²) in [6.07, 6.45) is -3.17. The lowest BCUT2D eigenvalue weighted by atomic mass is 9.96. The maximum atomic E-state index is 12.8. The van der Waals surface area contributed by atoms with Gasteiger partial charge in [0, 0.05) is 0 Å². The number of sulfone groups is 1. The van der Waals surface area contributed by atoms with Gasteiger partial charge in [-0.25, -0.2) is 8.42 Å². The maximum absolute atomic E-state index is 12.8. The standard InChI is InChI=1S/C16H22F3NO2S/c1-2-6-15(23(21,22)14-7-4-3-5-8-14)20-11-9-13(10-12-20)16(17,18)19/h3-5,7-8,13,15H,2,6,9-12H2,1H3. The molecule has 0 saturated carbocycles. The Bertz CT molecular complexity index is 594. The Morgan fingerprint density at radius 2 is 1.74 bits per heavy atom. The summed E-state index contributed by atoms with van der Waals surface area (Å²) < 4.78 is 64.0. The molecule has 0 aliphatic carbocycles. The molecule has 1 saturated heterocycles. The third-order valence-electron chi connectivity index (χ3n) is 4.37. The zero-order valence-corrected chi connectivity index (χ0v) is 13.9. The summed E-state index contributed by atoms with van der Waals surface area (Å²) >= 11 is 0. The molecule has 0 N–H and O–H groups in total. The minimum absolute atomic E-state index is 0.0337. The Labute approximate surface area is 135 Å². The van der Waals surface area contributed by atoms with Crippen molar-refractivity contribution in [3.63, 3.8) is 0 Å². The van der Waals surface area contributed by atoms with Crippen LogP contribution in [0.4, 0.5) is 13.2 Å². The van der Waals surface area contributed by atoms with Crippen LogP contribution in [0.2, 0.25) is 0 Å². The molecule has 130 valence electrons. The highest BCUT2D eigenvalue weighted by Gasteiger charge is 2.43. The Morgan fingerprint density at radius 1 is 1.17 bits per heavy atom. The Balaban J connectivity index is 2.17. The highest BCUT2D eigenvalue weighted by molar-refractivity contribution is 7.92. The van der Waals surface area contributed by atoms with E-state index >= 15 is 0 Å². The normalized spacial score (nSPS) is 19.7. The van der Waals surface area contributed by atoms with Crippen LogP contribution in [0.5, 0.6) is 0 Å². The van der Waals surface area contributed by atoms with Crippen molar-refractivity contribution in [2.75, 3.05) is 13.1 Å². The number of hydrogen-bond acceptors (Lipinski definition) is 3. The van der Waals surface area contributed by atoms with E-state index in [1.165, 1.54) is 0 Å². The first kappa shape index (κ1) is 18.3. The predicted molar refractivity (Wildman–Crippen MR) is 82.7 cm³/mol. The van der Waals surface area contributed by atoms with Crippen LogP contribution in [0.3, 0.4) is 0 Å². The fourth-order valence-electron chi connectivity index (χ4n) is 3.06. The number of likely N-dealkylation sites (tertiary alicyclic amines) is 1. The van der Waals surface area contributed by atoms with E-state index in [0.29, 0.717) is 12.8 Å². The van der Waals surface area contributed by atoms with E-state index in [2.05, 4.69) is 0 Å². The van der Waals surface area contributed by atoms with Crippen LogP contribution in [-0.4, -0.2) is 38.0 Å². The molecule has 1 aliphatic rings. The number of alkyl halides is 3. The largest absolute Gasteiger partial charge is 0.391 e. The van der Waals surface area contributed by atoms with Gasteiger partial charge in [0.25, 0.3) is 0 Å². The summed E-state index contributed by atoms with van der Waals surface area (Å²) in [5.74, 6) is -1.32. The van der Waals surface area contributed by atoms with E-state index < -0.39 is 27.3 Å². The molecule has 23 heavy (non-hydrogen) atoms. The van der Waals surface area contributed by atoms with Crippen LogP contribution in [0.25, 0.3) is 0 Å². The number of halogens is 3. The van der Waals surface area contributed by atoms with Gasteiger partial charge in [0.15, 0.2) is 9.84 Å². The van der Waals surface area contributed by atoms with Gasteiger partial charge in [-0.1, -0.05) is 31.5 Å². The molecule has 1 atom stereocenters. The topological polar surface area (TPSA) is 37.4 Å². The van der Waals surface area contributed by atoms with Crippen molar-refractivity contribution < 1.29 is 21.6 Å². The van der Waals surface area contributed by atoms with E-state index in [4.69, 9.17) is 0 Å². The van der Waals surface area contributed by atoms with Crippen LogP contribution in [0, 0.1) is 5.92 Å². The van der Waals surface area contributed by atoms with Gasteiger partial charge in [-0.3, -0.25) is 4.90 Å².